The van der Waals surface area contributed by atoms with E-state index in [0.717, 1.165) is 42.5 Å². The van der Waals surface area contributed by atoms with Gasteiger partial charge in [-0.05, 0) is 48.4 Å². The van der Waals surface area contributed by atoms with Crippen LogP contribution in [0, 0.1) is 0 Å². The van der Waals surface area contributed by atoms with Crippen LogP contribution in [-0.4, -0.2) is 36.5 Å². The van der Waals surface area contributed by atoms with Gasteiger partial charge in [0.1, 0.15) is 6.61 Å². The molecule has 0 radical (unpaired) electrons. The second-order valence-electron chi connectivity index (χ2n) is 10.2. The van der Waals surface area contributed by atoms with Crippen LogP contribution in [0.4, 0.5) is 10.5 Å². The minimum atomic E-state index is -0.387. The Hall–Kier alpha value is -3.60. The van der Waals surface area contributed by atoms with E-state index in [9.17, 15) is 9.59 Å². The number of carbonyl (C=O) groups is 2. The summed E-state index contributed by atoms with van der Waals surface area (Å²) in [5, 5.41) is 0. The maximum atomic E-state index is 14.0. The van der Waals surface area contributed by atoms with Crippen molar-refractivity contribution in [2.75, 3.05) is 24.5 Å². The minimum absolute atomic E-state index is 0.116. The summed E-state index contributed by atoms with van der Waals surface area (Å²) in [6, 6.07) is 28.3. The Bertz CT molecular complexity index is 1230. The average Bonchev–Trinajstić information content (AvgIpc) is 3.68. The molecule has 0 atom stereocenters. The van der Waals surface area contributed by atoms with Crippen molar-refractivity contribution in [3.8, 4) is 0 Å². The summed E-state index contributed by atoms with van der Waals surface area (Å²) < 4.78 is 5.57. The van der Waals surface area contributed by atoms with Crippen LogP contribution in [0.5, 0.6) is 0 Å². The molecule has 2 amide bonds. The maximum Gasteiger partial charge on any atom is 0.410 e. The van der Waals surface area contributed by atoms with E-state index in [1.54, 1.807) is 0 Å². The lowest BCUT2D eigenvalue weighted by Gasteiger charge is -2.39. The SMILES string of the molecule is O=C(OCc1ccccc1)N1CCC2(CC1)CN(C(=O)C1(c3ccccc3)CC1)c1ccccc12. The van der Waals surface area contributed by atoms with Crippen molar-refractivity contribution in [3.63, 3.8) is 0 Å². The Morgan fingerprint density at radius 3 is 2.09 bits per heavy atom. The number of carbonyl (C=O) groups excluding carboxylic acids is 2. The highest BCUT2D eigenvalue weighted by molar-refractivity contribution is 6.05. The molecule has 1 saturated heterocycles. The molecule has 35 heavy (non-hydrogen) atoms. The van der Waals surface area contributed by atoms with Crippen LogP contribution in [0.1, 0.15) is 42.4 Å². The van der Waals surface area contributed by atoms with Crippen LogP contribution in [0.15, 0.2) is 84.9 Å². The zero-order valence-electron chi connectivity index (χ0n) is 19.9. The number of ether oxygens (including phenoxy) is 1. The van der Waals surface area contributed by atoms with E-state index in [0.29, 0.717) is 19.6 Å². The molecule has 2 aliphatic heterocycles. The molecule has 2 fully saturated rings. The Labute approximate surface area is 206 Å². The van der Waals surface area contributed by atoms with Crippen molar-refractivity contribution in [1.29, 1.82) is 0 Å². The minimum Gasteiger partial charge on any atom is -0.445 e. The number of hydrogen-bond acceptors (Lipinski definition) is 3. The van der Waals surface area contributed by atoms with Crippen molar-refractivity contribution in [1.82, 2.24) is 4.90 Å². The lowest BCUT2D eigenvalue weighted by molar-refractivity contribution is -0.121. The highest BCUT2D eigenvalue weighted by atomic mass is 16.6. The van der Waals surface area contributed by atoms with Crippen molar-refractivity contribution < 1.29 is 14.3 Å². The topological polar surface area (TPSA) is 49.9 Å². The third-order valence-corrected chi connectivity index (χ3v) is 8.14. The maximum absolute atomic E-state index is 14.0. The number of likely N-dealkylation sites (tertiary alicyclic amines) is 1. The number of nitrogens with zero attached hydrogens (tertiary/aromatic N) is 2. The smallest absolute Gasteiger partial charge is 0.410 e. The molecule has 0 bridgehead atoms. The molecule has 5 heteroatoms. The summed E-state index contributed by atoms with van der Waals surface area (Å²) in [7, 11) is 0. The van der Waals surface area contributed by atoms with Gasteiger partial charge in [-0.1, -0.05) is 78.9 Å². The van der Waals surface area contributed by atoms with Crippen molar-refractivity contribution in [2.45, 2.75) is 43.1 Å². The van der Waals surface area contributed by atoms with Crippen LogP contribution in [0.25, 0.3) is 0 Å². The van der Waals surface area contributed by atoms with Gasteiger partial charge in [-0.2, -0.15) is 0 Å². The number of benzene rings is 3. The first kappa shape index (κ1) is 21.9. The van der Waals surface area contributed by atoms with Crippen molar-refractivity contribution in [2.24, 2.45) is 0 Å². The van der Waals surface area contributed by atoms with Gasteiger partial charge in [0.05, 0.1) is 5.41 Å². The first-order chi connectivity index (χ1) is 17.1. The number of fused-ring (bicyclic) bond motifs is 2. The quantitative estimate of drug-likeness (QED) is 0.515. The van der Waals surface area contributed by atoms with Gasteiger partial charge >= 0.3 is 6.09 Å². The molecule has 178 valence electrons. The molecule has 6 rings (SSSR count). The van der Waals surface area contributed by atoms with E-state index in [-0.39, 0.29) is 29.4 Å². The van der Waals surface area contributed by atoms with Gasteiger partial charge in [-0.15, -0.1) is 0 Å². The Morgan fingerprint density at radius 1 is 0.771 bits per heavy atom. The van der Waals surface area contributed by atoms with E-state index in [1.165, 1.54) is 5.56 Å². The Morgan fingerprint density at radius 2 is 1.40 bits per heavy atom. The second-order valence-corrected chi connectivity index (χ2v) is 10.2. The van der Waals surface area contributed by atoms with E-state index in [2.05, 4.69) is 30.3 Å². The van der Waals surface area contributed by atoms with Gasteiger partial charge < -0.3 is 14.5 Å². The predicted octanol–water partition coefficient (Wildman–Crippen LogP) is 5.44. The van der Waals surface area contributed by atoms with Gasteiger partial charge in [0.25, 0.3) is 0 Å². The molecule has 2 heterocycles. The third kappa shape index (κ3) is 3.79. The monoisotopic (exact) mass is 466 g/mol. The molecule has 3 aromatic rings. The predicted molar refractivity (Wildman–Crippen MR) is 135 cm³/mol. The normalized spacial score (nSPS) is 19.3. The van der Waals surface area contributed by atoms with Gasteiger partial charge in [-0.3, -0.25) is 4.79 Å². The molecule has 3 aromatic carbocycles. The summed E-state index contributed by atoms with van der Waals surface area (Å²) in [5.74, 6) is 0.220. The molecule has 3 aliphatic rings. The fourth-order valence-corrected chi connectivity index (χ4v) is 5.93. The van der Waals surface area contributed by atoms with E-state index < -0.39 is 0 Å². The summed E-state index contributed by atoms with van der Waals surface area (Å²) >= 11 is 0. The fourth-order valence-electron chi connectivity index (χ4n) is 5.93. The molecule has 1 spiro atoms. The lowest BCUT2D eigenvalue weighted by atomic mass is 9.74. The third-order valence-electron chi connectivity index (χ3n) is 8.14. The number of rotatable bonds is 4. The first-order valence-electron chi connectivity index (χ1n) is 12.5. The zero-order chi connectivity index (χ0) is 23.9. The molecule has 0 unspecified atom stereocenters. The standard InChI is InChI=1S/C30H30N2O3/c33-27(30(15-16-30)24-11-5-2-6-12-24)32-22-29(25-13-7-8-14-26(25)32)17-19-31(20-18-29)28(34)35-21-23-9-3-1-4-10-23/h1-14H,15-22H2. The van der Waals surface area contributed by atoms with Crippen LogP contribution < -0.4 is 4.90 Å². The number of hydrogen-bond donors (Lipinski definition) is 0. The van der Waals surface area contributed by atoms with Gasteiger partial charge in [0.15, 0.2) is 0 Å². The molecule has 0 aromatic heterocycles. The van der Waals surface area contributed by atoms with Crippen LogP contribution >= 0.6 is 0 Å². The highest BCUT2D eigenvalue weighted by Gasteiger charge is 2.56. The van der Waals surface area contributed by atoms with Crippen molar-refractivity contribution in [3.05, 3.63) is 102 Å². The number of piperidine rings is 1. The Balaban J connectivity index is 1.18. The summed E-state index contributed by atoms with van der Waals surface area (Å²) in [6.07, 6.45) is 3.20. The molecule has 1 aliphatic carbocycles. The van der Waals surface area contributed by atoms with Crippen LogP contribution in [0.2, 0.25) is 0 Å². The molecule has 0 N–H and O–H groups in total. The van der Waals surface area contributed by atoms with Gasteiger partial charge in [-0.25, -0.2) is 4.79 Å². The number of amides is 2. The van der Waals surface area contributed by atoms with E-state index in [1.807, 2.05) is 64.4 Å². The molecular formula is C30H30N2O3. The molecule has 1 saturated carbocycles. The molecule has 5 nitrogen and oxygen atoms in total. The Kier molecular flexibility index (Phi) is 5.36. The fraction of sp³-hybridized carbons (Fsp3) is 0.333. The lowest BCUT2D eigenvalue weighted by Crippen LogP contribution is -2.49. The first-order valence-corrected chi connectivity index (χ1v) is 12.5. The van der Waals surface area contributed by atoms with Crippen LogP contribution in [-0.2, 0) is 27.0 Å². The summed E-state index contributed by atoms with van der Waals surface area (Å²) in [6.45, 7) is 2.24. The average molecular weight is 467 g/mol. The van der Waals surface area contributed by atoms with E-state index in [4.69, 9.17) is 4.74 Å². The van der Waals surface area contributed by atoms with Gasteiger partial charge in [0, 0.05) is 30.7 Å². The largest absolute Gasteiger partial charge is 0.445 e. The summed E-state index contributed by atoms with van der Waals surface area (Å²) in [4.78, 5) is 30.5. The zero-order valence-corrected chi connectivity index (χ0v) is 19.9. The molecular weight excluding hydrogens is 436 g/mol. The van der Waals surface area contributed by atoms with Crippen molar-refractivity contribution >= 4 is 17.7 Å². The number of anilines is 1. The van der Waals surface area contributed by atoms with E-state index >= 15 is 0 Å². The summed E-state index contributed by atoms with van der Waals surface area (Å²) in [5.41, 5.74) is 3.89. The second kappa shape index (κ2) is 8.56. The van der Waals surface area contributed by atoms with Gasteiger partial charge in [0.2, 0.25) is 5.91 Å². The number of para-hydroxylation sites is 1. The van der Waals surface area contributed by atoms with Crippen LogP contribution in [0.3, 0.4) is 0 Å². The highest BCUT2D eigenvalue weighted by Crippen LogP contribution is 2.54.